The van der Waals surface area contributed by atoms with Gasteiger partial charge in [-0.15, -0.1) is 0 Å². The summed E-state index contributed by atoms with van der Waals surface area (Å²) >= 11 is 0. The molecule has 4 N–H and O–H groups in total. The van der Waals surface area contributed by atoms with Crippen LogP contribution in [0.15, 0.2) is 42.5 Å². The molecule has 0 aliphatic rings. The maximum atomic E-state index is 10.8. The van der Waals surface area contributed by atoms with Crippen LogP contribution in [0.2, 0.25) is 0 Å². The van der Waals surface area contributed by atoms with Gasteiger partial charge < -0.3 is 16.2 Å². The highest BCUT2D eigenvalue weighted by atomic mass is 16.5. The van der Waals surface area contributed by atoms with Crippen LogP contribution in [0.4, 0.5) is 0 Å². The van der Waals surface area contributed by atoms with Gasteiger partial charge in [0.15, 0.2) is 6.29 Å². The minimum absolute atomic E-state index is 0.233. The van der Waals surface area contributed by atoms with Crippen molar-refractivity contribution in [2.24, 2.45) is 11.5 Å². The number of carbonyl (C=O) groups is 1. The van der Waals surface area contributed by atoms with Gasteiger partial charge in [0.2, 0.25) is 0 Å². The first-order valence-electron chi connectivity index (χ1n) is 6.33. The molecule has 0 unspecified atom stereocenters. The second-order valence-corrected chi connectivity index (χ2v) is 4.35. The molecule has 0 aliphatic carbocycles. The molecule has 5 nitrogen and oxygen atoms in total. The number of carbonyl (C=O) groups excluding carboxylic acids is 1. The van der Waals surface area contributed by atoms with E-state index >= 15 is 0 Å². The lowest BCUT2D eigenvalue weighted by atomic mass is 10.1. The monoisotopic (exact) mass is 271 g/mol. The fourth-order valence-electron chi connectivity index (χ4n) is 1.78. The molecule has 2 aromatic rings. The summed E-state index contributed by atoms with van der Waals surface area (Å²) in [4.78, 5) is 15.0. The zero-order valence-corrected chi connectivity index (χ0v) is 11.0. The molecule has 104 valence electrons. The molecule has 0 spiro atoms. The van der Waals surface area contributed by atoms with Crippen molar-refractivity contribution in [1.29, 1.82) is 0 Å². The third kappa shape index (κ3) is 3.40. The zero-order chi connectivity index (χ0) is 14.4. The van der Waals surface area contributed by atoms with E-state index < -0.39 is 6.04 Å². The van der Waals surface area contributed by atoms with Gasteiger partial charge in [0, 0.05) is 6.54 Å². The van der Waals surface area contributed by atoms with Crippen LogP contribution < -0.4 is 16.2 Å². The molecule has 0 aliphatic heterocycles. The summed E-state index contributed by atoms with van der Waals surface area (Å²) in [7, 11) is 0. The van der Waals surface area contributed by atoms with E-state index in [2.05, 4.69) is 4.98 Å². The van der Waals surface area contributed by atoms with Gasteiger partial charge in [0.05, 0.1) is 6.04 Å². The van der Waals surface area contributed by atoms with Crippen LogP contribution in [0.25, 0.3) is 0 Å². The van der Waals surface area contributed by atoms with Crippen molar-refractivity contribution in [2.75, 3.05) is 6.54 Å². The van der Waals surface area contributed by atoms with Crippen LogP contribution in [0.3, 0.4) is 0 Å². The Hall–Kier alpha value is -2.24. The van der Waals surface area contributed by atoms with Gasteiger partial charge in [-0.2, -0.15) is 0 Å². The van der Waals surface area contributed by atoms with Crippen molar-refractivity contribution in [3.8, 4) is 5.75 Å². The van der Waals surface area contributed by atoms with Gasteiger partial charge in [0.25, 0.3) is 0 Å². The smallest absolute Gasteiger partial charge is 0.168 e. The maximum Gasteiger partial charge on any atom is 0.168 e. The third-order valence-corrected chi connectivity index (χ3v) is 2.87. The summed E-state index contributed by atoms with van der Waals surface area (Å²) in [5.74, 6) is 0.553. The Morgan fingerprint density at radius 1 is 1.20 bits per heavy atom. The van der Waals surface area contributed by atoms with E-state index in [0.717, 1.165) is 5.56 Å². The number of nitrogens with zero attached hydrogens (tertiary/aromatic N) is 1. The van der Waals surface area contributed by atoms with Crippen molar-refractivity contribution in [3.05, 3.63) is 59.4 Å². The average molecular weight is 271 g/mol. The van der Waals surface area contributed by atoms with Crippen LogP contribution in [-0.4, -0.2) is 17.8 Å². The number of pyridine rings is 1. The second kappa shape index (κ2) is 6.79. The van der Waals surface area contributed by atoms with Crippen LogP contribution in [0.1, 0.15) is 27.8 Å². The standard InChI is InChI=1S/C15H17N3O2/c16-8-13(17)15-14(7-6-12(9-19)18-15)20-10-11-4-2-1-3-5-11/h1-7,9,13H,8,10,16-17H2/t13-/m1/s1. The predicted octanol–water partition coefficient (Wildman–Crippen LogP) is 1.43. The minimum atomic E-state index is -0.458. The summed E-state index contributed by atoms with van der Waals surface area (Å²) in [6.45, 7) is 0.643. The van der Waals surface area contributed by atoms with Gasteiger partial charge >= 0.3 is 0 Å². The fourth-order valence-corrected chi connectivity index (χ4v) is 1.78. The molecule has 1 aromatic heterocycles. The summed E-state index contributed by atoms with van der Waals surface area (Å²) in [5, 5.41) is 0. The Kier molecular flexibility index (Phi) is 4.81. The lowest BCUT2D eigenvalue weighted by Crippen LogP contribution is -2.23. The normalized spacial score (nSPS) is 11.9. The Labute approximate surface area is 117 Å². The third-order valence-electron chi connectivity index (χ3n) is 2.87. The molecule has 20 heavy (non-hydrogen) atoms. The number of rotatable bonds is 6. The molecule has 1 aromatic carbocycles. The number of hydrogen-bond acceptors (Lipinski definition) is 5. The second-order valence-electron chi connectivity index (χ2n) is 4.35. The average Bonchev–Trinajstić information content (AvgIpc) is 2.53. The summed E-state index contributed by atoms with van der Waals surface area (Å²) in [5.41, 5.74) is 13.3. The summed E-state index contributed by atoms with van der Waals surface area (Å²) < 4.78 is 5.73. The van der Waals surface area contributed by atoms with Crippen LogP contribution in [0, 0.1) is 0 Å². The zero-order valence-electron chi connectivity index (χ0n) is 11.0. The van der Waals surface area contributed by atoms with Crippen LogP contribution in [-0.2, 0) is 6.61 Å². The van der Waals surface area contributed by atoms with Crippen molar-refractivity contribution in [3.63, 3.8) is 0 Å². The highest BCUT2D eigenvalue weighted by Crippen LogP contribution is 2.22. The molecule has 1 atom stereocenters. The van der Waals surface area contributed by atoms with E-state index in [0.29, 0.717) is 30.0 Å². The Morgan fingerprint density at radius 2 is 1.95 bits per heavy atom. The molecule has 2 rings (SSSR count). The number of nitrogens with two attached hydrogens (primary N) is 2. The quantitative estimate of drug-likeness (QED) is 0.775. The molecular formula is C15H17N3O2. The largest absolute Gasteiger partial charge is 0.487 e. The van der Waals surface area contributed by atoms with Crippen LogP contribution >= 0.6 is 0 Å². The molecule has 0 radical (unpaired) electrons. The fraction of sp³-hybridized carbons (Fsp3) is 0.200. The van der Waals surface area contributed by atoms with Crippen molar-refractivity contribution >= 4 is 6.29 Å². The first kappa shape index (κ1) is 14.2. The predicted molar refractivity (Wildman–Crippen MR) is 76.4 cm³/mol. The maximum absolute atomic E-state index is 10.8. The van der Waals surface area contributed by atoms with Crippen molar-refractivity contribution in [2.45, 2.75) is 12.6 Å². The van der Waals surface area contributed by atoms with Gasteiger partial charge in [-0.1, -0.05) is 30.3 Å². The van der Waals surface area contributed by atoms with Crippen molar-refractivity contribution < 1.29 is 9.53 Å². The lowest BCUT2D eigenvalue weighted by molar-refractivity contribution is 0.111. The minimum Gasteiger partial charge on any atom is -0.487 e. The molecule has 0 saturated heterocycles. The molecule has 0 fully saturated rings. The van der Waals surface area contributed by atoms with E-state index in [1.54, 1.807) is 12.1 Å². The lowest BCUT2D eigenvalue weighted by Gasteiger charge is -2.15. The van der Waals surface area contributed by atoms with E-state index in [4.69, 9.17) is 16.2 Å². The molecule has 0 amide bonds. The SMILES string of the molecule is NC[C@@H](N)c1nc(C=O)ccc1OCc1ccccc1. The Balaban J connectivity index is 2.20. The number of aromatic nitrogens is 1. The number of aldehydes is 1. The molecular weight excluding hydrogens is 254 g/mol. The van der Waals surface area contributed by atoms with E-state index in [1.165, 1.54) is 0 Å². The topological polar surface area (TPSA) is 91.2 Å². The number of ether oxygens (including phenoxy) is 1. The molecule has 0 saturated carbocycles. The molecule has 0 bridgehead atoms. The first-order chi connectivity index (χ1) is 9.74. The Bertz CT molecular complexity index is 573. The van der Waals surface area contributed by atoms with E-state index in [9.17, 15) is 4.79 Å². The van der Waals surface area contributed by atoms with E-state index in [-0.39, 0.29) is 6.54 Å². The van der Waals surface area contributed by atoms with E-state index in [1.807, 2.05) is 30.3 Å². The first-order valence-corrected chi connectivity index (χ1v) is 6.33. The van der Waals surface area contributed by atoms with Gasteiger partial charge in [-0.05, 0) is 17.7 Å². The summed E-state index contributed by atoms with van der Waals surface area (Å²) in [6.07, 6.45) is 0.674. The van der Waals surface area contributed by atoms with Gasteiger partial charge in [0.1, 0.15) is 23.7 Å². The highest BCUT2D eigenvalue weighted by molar-refractivity contribution is 5.72. The highest BCUT2D eigenvalue weighted by Gasteiger charge is 2.14. The Morgan fingerprint density at radius 3 is 2.60 bits per heavy atom. The molecule has 1 heterocycles. The van der Waals surface area contributed by atoms with Gasteiger partial charge in [-0.25, -0.2) is 4.98 Å². The van der Waals surface area contributed by atoms with Crippen molar-refractivity contribution in [1.82, 2.24) is 4.98 Å². The number of hydrogen-bond donors (Lipinski definition) is 2. The van der Waals surface area contributed by atoms with Crippen LogP contribution in [0.5, 0.6) is 5.75 Å². The molecule has 5 heteroatoms. The number of benzene rings is 1. The van der Waals surface area contributed by atoms with Gasteiger partial charge in [-0.3, -0.25) is 4.79 Å². The summed E-state index contributed by atoms with van der Waals surface area (Å²) in [6, 6.07) is 12.6.